The highest BCUT2D eigenvalue weighted by Crippen LogP contribution is 2.10. The van der Waals surface area contributed by atoms with Gasteiger partial charge in [-0.3, -0.25) is 0 Å². The van der Waals surface area contributed by atoms with Gasteiger partial charge in [0.1, 0.15) is 24.1 Å². The SMILES string of the molecule is CCc1nc(NC)cc(NCCOCC(F)F)n1. The molecule has 5 nitrogen and oxygen atoms in total. The third-order valence-electron chi connectivity index (χ3n) is 2.14. The molecule has 0 aliphatic heterocycles. The van der Waals surface area contributed by atoms with Crippen molar-refractivity contribution in [3.05, 3.63) is 11.9 Å². The van der Waals surface area contributed by atoms with Crippen LogP contribution in [-0.2, 0) is 11.2 Å². The van der Waals surface area contributed by atoms with Crippen LogP contribution in [0.4, 0.5) is 20.4 Å². The van der Waals surface area contributed by atoms with Crippen molar-refractivity contribution in [3.8, 4) is 0 Å². The fourth-order valence-corrected chi connectivity index (χ4v) is 1.30. The Kier molecular flexibility index (Phi) is 6.27. The average molecular weight is 260 g/mol. The number of ether oxygens (including phenoxy) is 1. The Morgan fingerprint density at radius 2 is 2.06 bits per heavy atom. The number of anilines is 2. The van der Waals surface area contributed by atoms with E-state index in [9.17, 15) is 8.78 Å². The number of alkyl halides is 2. The molecule has 102 valence electrons. The number of hydrogen-bond donors (Lipinski definition) is 2. The van der Waals surface area contributed by atoms with Gasteiger partial charge in [-0.05, 0) is 0 Å². The molecule has 7 heteroatoms. The average Bonchev–Trinajstić information content (AvgIpc) is 2.37. The first-order chi connectivity index (χ1) is 8.65. The van der Waals surface area contributed by atoms with Gasteiger partial charge in [0.05, 0.1) is 6.61 Å². The Bertz CT molecular complexity index is 341. The molecular weight excluding hydrogens is 242 g/mol. The highest BCUT2D eigenvalue weighted by Gasteiger charge is 2.03. The summed E-state index contributed by atoms with van der Waals surface area (Å²) in [5.74, 6) is 2.10. The zero-order valence-electron chi connectivity index (χ0n) is 10.5. The van der Waals surface area contributed by atoms with Crippen molar-refractivity contribution >= 4 is 11.6 Å². The zero-order chi connectivity index (χ0) is 13.4. The Morgan fingerprint density at radius 1 is 1.33 bits per heavy atom. The van der Waals surface area contributed by atoms with Crippen LogP contribution >= 0.6 is 0 Å². The van der Waals surface area contributed by atoms with Gasteiger partial charge in [-0.15, -0.1) is 0 Å². The number of rotatable bonds is 8. The molecule has 0 radical (unpaired) electrons. The summed E-state index contributed by atoms with van der Waals surface area (Å²) >= 11 is 0. The lowest BCUT2D eigenvalue weighted by Gasteiger charge is -2.09. The van der Waals surface area contributed by atoms with E-state index in [1.165, 1.54) is 0 Å². The number of nitrogens with one attached hydrogen (secondary N) is 2. The summed E-state index contributed by atoms with van der Waals surface area (Å²) < 4.78 is 28.4. The standard InChI is InChI=1S/C11H18F2N4O/c1-3-9-16-10(14-2)6-11(17-9)15-4-5-18-7-8(12)13/h6,8H,3-5,7H2,1-2H3,(H2,14,15,16,17). The predicted octanol–water partition coefficient (Wildman–Crippen LogP) is 1.77. The van der Waals surface area contributed by atoms with Gasteiger partial charge in [0.25, 0.3) is 6.43 Å². The van der Waals surface area contributed by atoms with Gasteiger partial charge in [-0.2, -0.15) is 0 Å². The van der Waals surface area contributed by atoms with E-state index in [1.807, 2.05) is 6.92 Å². The highest BCUT2D eigenvalue weighted by molar-refractivity contribution is 5.47. The molecule has 18 heavy (non-hydrogen) atoms. The van der Waals surface area contributed by atoms with Crippen LogP contribution < -0.4 is 10.6 Å². The summed E-state index contributed by atoms with van der Waals surface area (Å²) in [6.07, 6.45) is -1.70. The molecule has 0 aliphatic rings. The van der Waals surface area contributed by atoms with Crippen LogP contribution in [0.2, 0.25) is 0 Å². The molecule has 1 aromatic heterocycles. The molecule has 0 unspecified atom stereocenters. The fourth-order valence-electron chi connectivity index (χ4n) is 1.30. The fraction of sp³-hybridized carbons (Fsp3) is 0.636. The van der Waals surface area contributed by atoms with Crippen LogP contribution in [0, 0.1) is 0 Å². The summed E-state index contributed by atoms with van der Waals surface area (Å²) in [5, 5.41) is 5.94. The summed E-state index contributed by atoms with van der Waals surface area (Å²) in [5.41, 5.74) is 0. The van der Waals surface area contributed by atoms with Crippen molar-refractivity contribution in [2.75, 3.05) is 37.4 Å². The Hall–Kier alpha value is -1.50. The topological polar surface area (TPSA) is 59.1 Å². The van der Waals surface area contributed by atoms with Crippen molar-refractivity contribution in [1.29, 1.82) is 0 Å². The first kappa shape index (κ1) is 14.6. The molecule has 0 saturated carbocycles. The van der Waals surface area contributed by atoms with E-state index >= 15 is 0 Å². The predicted molar refractivity (Wildman–Crippen MR) is 66.3 cm³/mol. The first-order valence-corrected chi connectivity index (χ1v) is 5.81. The molecule has 0 fully saturated rings. The number of hydrogen-bond acceptors (Lipinski definition) is 5. The number of aromatic nitrogens is 2. The quantitative estimate of drug-likeness (QED) is 0.698. The third kappa shape index (κ3) is 5.22. The minimum absolute atomic E-state index is 0.213. The van der Waals surface area contributed by atoms with Gasteiger partial charge in [0.15, 0.2) is 0 Å². The van der Waals surface area contributed by atoms with Crippen molar-refractivity contribution in [3.63, 3.8) is 0 Å². The largest absolute Gasteiger partial charge is 0.374 e. The number of aryl methyl sites for hydroxylation is 1. The summed E-state index contributed by atoms with van der Waals surface area (Å²) in [7, 11) is 1.78. The maximum Gasteiger partial charge on any atom is 0.261 e. The molecule has 0 bridgehead atoms. The van der Waals surface area contributed by atoms with E-state index in [4.69, 9.17) is 4.74 Å². The normalized spacial score (nSPS) is 10.7. The lowest BCUT2D eigenvalue weighted by atomic mass is 10.4. The van der Waals surface area contributed by atoms with Crippen LogP contribution in [0.5, 0.6) is 0 Å². The van der Waals surface area contributed by atoms with E-state index in [-0.39, 0.29) is 6.61 Å². The summed E-state index contributed by atoms with van der Waals surface area (Å²) in [4.78, 5) is 8.51. The molecule has 0 aliphatic carbocycles. The maximum absolute atomic E-state index is 11.8. The minimum atomic E-state index is -2.42. The van der Waals surface area contributed by atoms with Crippen LogP contribution in [0.15, 0.2) is 6.07 Å². The zero-order valence-corrected chi connectivity index (χ0v) is 10.5. The first-order valence-electron chi connectivity index (χ1n) is 5.81. The molecule has 1 heterocycles. The second-order valence-electron chi connectivity index (χ2n) is 3.55. The molecule has 0 aromatic carbocycles. The van der Waals surface area contributed by atoms with Crippen LogP contribution in [0.1, 0.15) is 12.7 Å². The number of halogens is 2. The molecule has 2 N–H and O–H groups in total. The second kappa shape index (κ2) is 7.75. The summed E-state index contributed by atoms with van der Waals surface area (Å²) in [6.45, 7) is 2.07. The van der Waals surface area contributed by atoms with Crippen molar-refractivity contribution in [1.82, 2.24) is 9.97 Å². The minimum Gasteiger partial charge on any atom is -0.374 e. The van der Waals surface area contributed by atoms with E-state index in [1.54, 1.807) is 13.1 Å². The Balaban J connectivity index is 2.41. The Morgan fingerprint density at radius 3 is 2.67 bits per heavy atom. The third-order valence-corrected chi connectivity index (χ3v) is 2.14. The smallest absolute Gasteiger partial charge is 0.261 e. The molecular formula is C11H18F2N4O. The molecule has 0 amide bonds. The van der Waals surface area contributed by atoms with Gasteiger partial charge < -0.3 is 15.4 Å². The van der Waals surface area contributed by atoms with Gasteiger partial charge in [-0.1, -0.05) is 6.92 Å². The van der Waals surface area contributed by atoms with Crippen molar-refractivity contribution in [2.45, 2.75) is 19.8 Å². The Labute approximate surface area is 105 Å². The van der Waals surface area contributed by atoms with Crippen molar-refractivity contribution < 1.29 is 13.5 Å². The molecule has 0 saturated heterocycles. The van der Waals surface area contributed by atoms with Crippen LogP contribution in [0.25, 0.3) is 0 Å². The summed E-state index contributed by atoms with van der Waals surface area (Å²) in [6, 6.07) is 1.76. The molecule has 0 atom stereocenters. The lowest BCUT2D eigenvalue weighted by Crippen LogP contribution is -2.14. The highest BCUT2D eigenvalue weighted by atomic mass is 19.3. The van der Waals surface area contributed by atoms with Gasteiger partial charge in [0, 0.05) is 26.1 Å². The monoisotopic (exact) mass is 260 g/mol. The van der Waals surface area contributed by atoms with Gasteiger partial charge in [0.2, 0.25) is 0 Å². The van der Waals surface area contributed by atoms with E-state index in [0.29, 0.717) is 12.4 Å². The molecule has 0 spiro atoms. The van der Waals surface area contributed by atoms with E-state index in [0.717, 1.165) is 18.1 Å². The van der Waals surface area contributed by atoms with Crippen LogP contribution in [0.3, 0.4) is 0 Å². The lowest BCUT2D eigenvalue weighted by molar-refractivity contribution is 0.0215. The van der Waals surface area contributed by atoms with E-state index in [2.05, 4.69) is 20.6 Å². The number of nitrogens with zero attached hydrogens (tertiary/aromatic N) is 2. The molecule has 1 aromatic rings. The van der Waals surface area contributed by atoms with Crippen LogP contribution in [-0.4, -0.2) is 43.2 Å². The second-order valence-corrected chi connectivity index (χ2v) is 3.55. The van der Waals surface area contributed by atoms with Gasteiger partial charge >= 0.3 is 0 Å². The van der Waals surface area contributed by atoms with Crippen molar-refractivity contribution in [2.24, 2.45) is 0 Å². The van der Waals surface area contributed by atoms with Gasteiger partial charge in [-0.25, -0.2) is 18.7 Å². The van der Waals surface area contributed by atoms with E-state index < -0.39 is 13.0 Å². The maximum atomic E-state index is 11.8. The molecule has 1 rings (SSSR count).